The first-order valence-electron chi connectivity index (χ1n) is 7.76. The molecule has 6 nitrogen and oxygen atoms in total. The predicted molar refractivity (Wildman–Crippen MR) is 84.9 cm³/mol. The molecule has 0 unspecified atom stereocenters. The summed E-state index contributed by atoms with van der Waals surface area (Å²) in [5, 5.41) is 2.67. The number of benzene rings is 1. The highest BCUT2D eigenvalue weighted by atomic mass is 32.2. The Morgan fingerprint density at radius 1 is 1.12 bits per heavy atom. The third kappa shape index (κ3) is 3.97. The van der Waals surface area contributed by atoms with Crippen molar-refractivity contribution in [3.63, 3.8) is 0 Å². The second-order valence-corrected chi connectivity index (χ2v) is 7.84. The molecule has 0 radical (unpaired) electrons. The van der Waals surface area contributed by atoms with E-state index in [9.17, 15) is 26.8 Å². The molecule has 1 saturated carbocycles. The highest BCUT2D eigenvalue weighted by Gasteiger charge is 2.42. The van der Waals surface area contributed by atoms with Gasteiger partial charge in [-0.3, -0.25) is 4.79 Å². The summed E-state index contributed by atoms with van der Waals surface area (Å²) in [6.45, 7) is 0. The van der Waals surface area contributed by atoms with Crippen LogP contribution in [0.1, 0.15) is 42.5 Å². The summed E-state index contributed by atoms with van der Waals surface area (Å²) in [5.74, 6) is -4.65. The van der Waals surface area contributed by atoms with Gasteiger partial charge in [-0.1, -0.05) is 19.3 Å². The first-order valence-corrected chi connectivity index (χ1v) is 9.31. The second-order valence-electron chi connectivity index (χ2n) is 5.92. The fourth-order valence-corrected chi connectivity index (χ4v) is 3.64. The fraction of sp³-hybridized carbons (Fsp3) is 0.500. The van der Waals surface area contributed by atoms with Crippen LogP contribution in [-0.2, 0) is 19.4 Å². The molecule has 138 valence electrons. The Morgan fingerprint density at radius 3 is 2.16 bits per heavy atom. The third-order valence-electron chi connectivity index (χ3n) is 4.32. The van der Waals surface area contributed by atoms with Gasteiger partial charge < -0.3 is 10.1 Å². The molecule has 1 aliphatic carbocycles. The number of halogens is 2. The number of methoxy groups -OCH3 is 1. The van der Waals surface area contributed by atoms with Crippen LogP contribution in [-0.4, -0.2) is 38.7 Å². The maximum Gasteiger partial charge on any atom is 0.341 e. The molecule has 1 aromatic carbocycles. The number of carbonyl (C=O) groups is 2. The van der Waals surface area contributed by atoms with Gasteiger partial charge in [0.05, 0.1) is 12.0 Å². The van der Waals surface area contributed by atoms with Crippen molar-refractivity contribution in [2.45, 2.75) is 48.3 Å². The van der Waals surface area contributed by atoms with Crippen LogP contribution in [0.4, 0.5) is 8.78 Å². The van der Waals surface area contributed by atoms with Crippen molar-refractivity contribution in [3.05, 3.63) is 29.8 Å². The minimum absolute atomic E-state index is 0.0714. The lowest BCUT2D eigenvalue weighted by Gasteiger charge is -2.35. The molecule has 0 heterocycles. The quantitative estimate of drug-likeness (QED) is 0.798. The van der Waals surface area contributed by atoms with E-state index in [4.69, 9.17) is 4.74 Å². The number of amides is 1. The van der Waals surface area contributed by atoms with E-state index < -0.39 is 37.9 Å². The summed E-state index contributed by atoms with van der Waals surface area (Å²) < 4.78 is 52.7. The smallest absolute Gasteiger partial charge is 0.341 e. The van der Waals surface area contributed by atoms with E-state index in [2.05, 4.69) is 5.32 Å². The number of sulfone groups is 1. The average Bonchev–Trinajstić information content (AvgIpc) is 2.61. The summed E-state index contributed by atoms with van der Waals surface area (Å²) in [5.41, 5.74) is -1.04. The van der Waals surface area contributed by atoms with Crippen molar-refractivity contribution in [2.75, 3.05) is 7.11 Å². The molecule has 1 fully saturated rings. The summed E-state index contributed by atoms with van der Waals surface area (Å²) in [6.07, 6.45) is 3.38. The normalized spacial score (nSPS) is 17.1. The average molecular weight is 375 g/mol. The van der Waals surface area contributed by atoms with E-state index >= 15 is 0 Å². The number of carbonyl (C=O) groups excluding carboxylic acids is 2. The van der Waals surface area contributed by atoms with Crippen LogP contribution >= 0.6 is 0 Å². The Balaban J connectivity index is 2.21. The Bertz CT molecular complexity index is 740. The van der Waals surface area contributed by atoms with Crippen molar-refractivity contribution < 1.29 is 31.5 Å². The topological polar surface area (TPSA) is 89.5 Å². The second kappa shape index (κ2) is 7.47. The van der Waals surface area contributed by atoms with Crippen LogP contribution in [0.3, 0.4) is 0 Å². The van der Waals surface area contributed by atoms with E-state index in [0.29, 0.717) is 12.8 Å². The molecule has 0 atom stereocenters. The van der Waals surface area contributed by atoms with Crippen molar-refractivity contribution in [3.8, 4) is 0 Å². The van der Waals surface area contributed by atoms with Crippen molar-refractivity contribution in [1.82, 2.24) is 5.32 Å². The Kier molecular flexibility index (Phi) is 5.76. The molecule has 1 aromatic rings. The first kappa shape index (κ1) is 19.3. The molecule has 0 aliphatic heterocycles. The standard InChI is InChI=1S/C16H19F2NO5S/c1-24-14(21)16(9-3-2-4-10-16)19-13(20)11-5-7-12(8-6-11)25(22,23)15(17)18/h5-8,15H,2-4,9-10H2,1H3,(H,19,20). The van der Waals surface area contributed by atoms with E-state index in [-0.39, 0.29) is 5.56 Å². The lowest BCUT2D eigenvalue weighted by atomic mass is 9.81. The molecule has 1 amide bonds. The molecular formula is C16H19F2NO5S. The van der Waals surface area contributed by atoms with Crippen LogP contribution in [0.2, 0.25) is 0 Å². The number of alkyl halides is 2. The largest absolute Gasteiger partial charge is 0.467 e. The van der Waals surface area contributed by atoms with Crippen molar-refractivity contribution >= 4 is 21.7 Å². The minimum atomic E-state index is -4.72. The molecule has 1 aliphatic rings. The molecule has 0 bridgehead atoms. The Morgan fingerprint density at radius 2 is 1.68 bits per heavy atom. The van der Waals surface area contributed by atoms with Gasteiger partial charge in [0.1, 0.15) is 5.54 Å². The highest BCUT2D eigenvalue weighted by molar-refractivity contribution is 7.91. The van der Waals surface area contributed by atoms with Gasteiger partial charge >= 0.3 is 11.7 Å². The van der Waals surface area contributed by atoms with Crippen LogP contribution in [0.25, 0.3) is 0 Å². The zero-order valence-electron chi connectivity index (χ0n) is 13.6. The van der Waals surface area contributed by atoms with Gasteiger partial charge in [0.25, 0.3) is 5.91 Å². The zero-order chi connectivity index (χ0) is 18.7. The number of ether oxygens (including phenoxy) is 1. The van der Waals surface area contributed by atoms with E-state index in [1.54, 1.807) is 0 Å². The van der Waals surface area contributed by atoms with Crippen LogP contribution in [0.15, 0.2) is 29.2 Å². The highest BCUT2D eigenvalue weighted by Crippen LogP contribution is 2.30. The van der Waals surface area contributed by atoms with Crippen LogP contribution < -0.4 is 5.32 Å². The fourth-order valence-electron chi connectivity index (χ4n) is 2.92. The molecule has 1 N–H and O–H groups in total. The van der Waals surface area contributed by atoms with Gasteiger partial charge in [0.15, 0.2) is 0 Å². The molecule has 0 saturated heterocycles. The molecule has 25 heavy (non-hydrogen) atoms. The third-order valence-corrected chi connectivity index (χ3v) is 5.71. The Hall–Kier alpha value is -2.03. The van der Waals surface area contributed by atoms with Gasteiger partial charge in [0.2, 0.25) is 9.84 Å². The number of rotatable bonds is 5. The van der Waals surface area contributed by atoms with Gasteiger partial charge in [0, 0.05) is 5.56 Å². The number of esters is 1. The van der Waals surface area contributed by atoms with E-state index in [1.807, 2.05) is 0 Å². The number of hydrogen-bond acceptors (Lipinski definition) is 5. The molecule has 0 aromatic heterocycles. The van der Waals surface area contributed by atoms with Gasteiger partial charge in [-0.05, 0) is 37.1 Å². The lowest BCUT2D eigenvalue weighted by molar-refractivity contribution is -0.149. The van der Waals surface area contributed by atoms with E-state index in [0.717, 1.165) is 43.5 Å². The summed E-state index contributed by atoms with van der Waals surface area (Å²) in [7, 11) is -3.47. The van der Waals surface area contributed by atoms with Crippen LogP contribution in [0.5, 0.6) is 0 Å². The number of hydrogen-bond donors (Lipinski definition) is 1. The molecule has 0 spiro atoms. The Labute approximate surface area is 144 Å². The van der Waals surface area contributed by atoms with Gasteiger partial charge in [-0.2, -0.15) is 8.78 Å². The van der Waals surface area contributed by atoms with Crippen LogP contribution in [0, 0.1) is 0 Å². The molecular weight excluding hydrogens is 356 g/mol. The van der Waals surface area contributed by atoms with Gasteiger partial charge in [-0.15, -0.1) is 0 Å². The maximum atomic E-state index is 12.5. The monoisotopic (exact) mass is 375 g/mol. The zero-order valence-corrected chi connectivity index (χ0v) is 14.4. The lowest BCUT2D eigenvalue weighted by Crippen LogP contribution is -2.56. The van der Waals surface area contributed by atoms with Crippen molar-refractivity contribution in [2.24, 2.45) is 0 Å². The molecule has 9 heteroatoms. The van der Waals surface area contributed by atoms with Crippen molar-refractivity contribution in [1.29, 1.82) is 0 Å². The predicted octanol–water partition coefficient (Wildman–Crippen LogP) is 2.29. The minimum Gasteiger partial charge on any atom is -0.467 e. The van der Waals surface area contributed by atoms with E-state index in [1.165, 1.54) is 7.11 Å². The number of nitrogens with one attached hydrogen (secondary N) is 1. The SMILES string of the molecule is COC(=O)C1(NC(=O)c2ccc(S(=O)(=O)C(F)F)cc2)CCCCC1. The molecule has 2 rings (SSSR count). The summed E-state index contributed by atoms with van der Waals surface area (Å²) >= 11 is 0. The maximum absolute atomic E-state index is 12.5. The summed E-state index contributed by atoms with van der Waals surface area (Å²) in [6, 6.07) is 4.17. The van der Waals surface area contributed by atoms with Gasteiger partial charge in [-0.25, -0.2) is 13.2 Å². The first-order chi connectivity index (χ1) is 11.7. The summed E-state index contributed by atoms with van der Waals surface area (Å²) in [4.78, 5) is 24.0.